The van der Waals surface area contributed by atoms with Crippen LogP contribution in [0.5, 0.6) is 5.75 Å². The first-order valence-electron chi connectivity index (χ1n) is 8.07. The highest BCUT2D eigenvalue weighted by atomic mass is 79.9. The topological polar surface area (TPSA) is 56.1 Å². The highest BCUT2D eigenvalue weighted by molar-refractivity contribution is 9.10. The first-order chi connectivity index (χ1) is 12.6. The average Bonchev–Trinajstić information content (AvgIpc) is 2.97. The maximum atomic E-state index is 13.0. The van der Waals surface area contributed by atoms with Crippen LogP contribution in [-0.2, 0) is 6.54 Å². The van der Waals surface area contributed by atoms with Gasteiger partial charge in [-0.1, -0.05) is 24.3 Å². The Labute approximate surface area is 158 Å². The second kappa shape index (κ2) is 8.14. The fourth-order valence-electron chi connectivity index (χ4n) is 2.45. The van der Waals surface area contributed by atoms with Crippen molar-refractivity contribution in [1.29, 1.82) is 0 Å². The highest BCUT2D eigenvalue weighted by Gasteiger charge is 2.15. The van der Waals surface area contributed by atoms with Crippen molar-refractivity contribution in [2.24, 2.45) is 0 Å². The van der Waals surface area contributed by atoms with E-state index in [1.54, 1.807) is 41.2 Å². The summed E-state index contributed by atoms with van der Waals surface area (Å²) in [6, 6.07) is 13.2. The van der Waals surface area contributed by atoms with E-state index in [0.717, 1.165) is 5.56 Å². The lowest BCUT2D eigenvalue weighted by molar-refractivity contribution is 0.102. The predicted octanol–water partition coefficient (Wildman–Crippen LogP) is 4.48. The summed E-state index contributed by atoms with van der Waals surface area (Å²) < 4.78 is 20.8. The molecule has 1 aromatic heterocycles. The van der Waals surface area contributed by atoms with Crippen LogP contribution < -0.4 is 10.1 Å². The van der Waals surface area contributed by atoms with Crippen LogP contribution in [0.3, 0.4) is 0 Å². The summed E-state index contributed by atoms with van der Waals surface area (Å²) in [7, 11) is 0. The zero-order chi connectivity index (χ0) is 18.5. The van der Waals surface area contributed by atoms with Crippen LogP contribution in [0.25, 0.3) is 0 Å². The van der Waals surface area contributed by atoms with Crippen molar-refractivity contribution in [2.75, 3.05) is 11.9 Å². The monoisotopic (exact) mass is 417 g/mol. The fourth-order valence-corrected chi connectivity index (χ4v) is 2.86. The summed E-state index contributed by atoms with van der Waals surface area (Å²) in [4.78, 5) is 12.6. The molecule has 1 N–H and O–H groups in total. The number of amides is 1. The van der Waals surface area contributed by atoms with Gasteiger partial charge in [0, 0.05) is 6.20 Å². The molecular formula is C19H17BrFN3O2. The molecule has 0 aliphatic carbocycles. The molecule has 0 bridgehead atoms. The third-order valence-corrected chi connectivity index (χ3v) is 4.22. The number of anilines is 1. The molecule has 3 aromatic rings. The largest absolute Gasteiger partial charge is 0.493 e. The second-order valence-corrected chi connectivity index (χ2v) is 6.39. The molecule has 134 valence electrons. The van der Waals surface area contributed by atoms with Gasteiger partial charge in [0.15, 0.2) is 5.82 Å². The van der Waals surface area contributed by atoms with E-state index in [1.807, 2.05) is 13.0 Å². The van der Waals surface area contributed by atoms with E-state index in [1.165, 1.54) is 12.1 Å². The number of carbonyl (C=O) groups is 1. The van der Waals surface area contributed by atoms with Gasteiger partial charge in [0.05, 0.1) is 23.2 Å². The van der Waals surface area contributed by atoms with E-state index in [2.05, 4.69) is 26.3 Å². The van der Waals surface area contributed by atoms with Gasteiger partial charge in [-0.3, -0.25) is 9.48 Å². The smallest absolute Gasteiger partial charge is 0.260 e. The molecule has 5 nitrogen and oxygen atoms in total. The zero-order valence-electron chi connectivity index (χ0n) is 14.1. The number of benzene rings is 2. The number of nitrogens with one attached hydrogen (secondary N) is 1. The molecule has 0 aliphatic rings. The lowest BCUT2D eigenvalue weighted by Gasteiger charge is -2.09. The zero-order valence-corrected chi connectivity index (χ0v) is 15.7. The minimum Gasteiger partial charge on any atom is -0.493 e. The Morgan fingerprint density at radius 2 is 1.96 bits per heavy atom. The van der Waals surface area contributed by atoms with Crippen LogP contribution in [0.1, 0.15) is 22.8 Å². The first kappa shape index (κ1) is 18.1. The number of halogens is 2. The molecule has 7 heteroatoms. The Kier molecular flexibility index (Phi) is 5.68. The number of hydrogen-bond donors (Lipinski definition) is 1. The molecule has 1 heterocycles. The van der Waals surface area contributed by atoms with Gasteiger partial charge in [0.1, 0.15) is 11.6 Å². The van der Waals surface area contributed by atoms with Gasteiger partial charge in [0.25, 0.3) is 5.91 Å². The Morgan fingerprint density at radius 3 is 2.69 bits per heavy atom. The van der Waals surface area contributed by atoms with Crippen molar-refractivity contribution < 1.29 is 13.9 Å². The molecule has 3 rings (SSSR count). The summed E-state index contributed by atoms with van der Waals surface area (Å²) in [5.74, 6) is 0.343. The lowest BCUT2D eigenvalue weighted by Crippen LogP contribution is -2.14. The third-order valence-electron chi connectivity index (χ3n) is 3.64. The molecule has 1 amide bonds. The summed E-state index contributed by atoms with van der Waals surface area (Å²) >= 11 is 3.40. The minimum atomic E-state index is -0.304. The molecule has 0 atom stereocenters. The molecule has 2 aromatic carbocycles. The van der Waals surface area contributed by atoms with Crippen LogP contribution in [-0.4, -0.2) is 22.3 Å². The Hall–Kier alpha value is -2.67. The van der Waals surface area contributed by atoms with Gasteiger partial charge < -0.3 is 10.1 Å². The molecule has 0 saturated heterocycles. The second-order valence-electron chi connectivity index (χ2n) is 5.53. The van der Waals surface area contributed by atoms with Gasteiger partial charge in [-0.25, -0.2) is 4.39 Å². The highest BCUT2D eigenvalue weighted by Crippen LogP contribution is 2.24. The van der Waals surface area contributed by atoms with Crippen molar-refractivity contribution in [3.63, 3.8) is 0 Å². The number of hydrogen-bond acceptors (Lipinski definition) is 3. The number of aromatic nitrogens is 2. The number of para-hydroxylation sites is 1. The molecule has 0 aliphatic heterocycles. The van der Waals surface area contributed by atoms with Crippen molar-refractivity contribution in [2.45, 2.75) is 13.5 Å². The van der Waals surface area contributed by atoms with E-state index in [4.69, 9.17) is 4.74 Å². The van der Waals surface area contributed by atoms with E-state index in [-0.39, 0.29) is 11.7 Å². The minimum absolute atomic E-state index is 0.281. The number of ether oxygens (including phenoxy) is 1. The Bertz CT molecular complexity index is 909. The standard InChI is InChI=1S/C19H17BrFN3O2/c1-2-26-17-6-4-3-5-15(17)19(25)22-18-16(20)12-24(23-18)11-13-7-9-14(21)10-8-13/h3-10,12H,2,11H2,1H3,(H,22,23,25). The van der Waals surface area contributed by atoms with Crippen LogP contribution in [0.2, 0.25) is 0 Å². The van der Waals surface area contributed by atoms with Crippen molar-refractivity contribution >= 4 is 27.7 Å². The van der Waals surface area contributed by atoms with E-state index in [0.29, 0.717) is 34.8 Å². The maximum Gasteiger partial charge on any atom is 0.260 e. The van der Waals surface area contributed by atoms with Crippen LogP contribution in [0.4, 0.5) is 10.2 Å². The van der Waals surface area contributed by atoms with Gasteiger partial charge in [-0.15, -0.1) is 0 Å². The predicted molar refractivity (Wildman–Crippen MR) is 101 cm³/mol. The summed E-state index contributed by atoms with van der Waals surface area (Å²) in [6.07, 6.45) is 1.76. The quantitative estimate of drug-likeness (QED) is 0.642. The molecule has 0 fully saturated rings. The summed E-state index contributed by atoms with van der Waals surface area (Å²) in [5.41, 5.74) is 1.34. The Morgan fingerprint density at radius 1 is 1.23 bits per heavy atom. The van der Waals surface area contributed by atoms with E-state index >= 15 is 0 Å². The Balaban J connectivity index is 1.75. The van der Waals surface area contributed by atoms with Gasteiger partial charge in [-0.2, -0.15) is 5.10 Å². The SMILES string of the molecule is CCOc1ccccc1C(=O)Nc1nn(Cc2ccc(F)cc2)cc1Br. The van der Waals surface area contributed by atoms with Crippen molar-refractivity contribution in [3.05, 3.63) is 76.1 Å². The molecule has 0 radical (unpaired) electrons. The molecule has 0 unspecified atom stereocenters. The molecule has 0 spiro atoms. The van der Waals surface area contributed by atoms with Gasteiger partial charge in [-0.05, 0) is 52.7 Å². The molecular weight excluding hydrogens is 401 g/mol. The van der Waals surface area contributed by atoms with Gasteiger partial charge in [0.2, 0.25) is 0 Å². The summed E-state index contributed by atoms with van der Waals surface area (Å²) in [6.45, 7) is 2.80. The summed E-state index contributed by atoms with van der Waals surface area (Å²) in [5, 5.41) is 7.15. The van der Waals surface area contributed by atoms with Crippen LogP contribution in [0, 0.1) is 5.82 Å². The van der Waals surface area contributed by atoms with Crippen LogP contribution in [0.15, 0.2) is 59.2 Å². The lowest BCUT2D eigenvalue weighted by atomic mass is 10.2. The maximum absolute atomic E-state index is 13.0. The van der Waals surface area contributed by atoms with Crippen molar-refractivity contribution in [1.82, 2.24) is 9.78 Å². The average molecular weight is 418 g/mol. The number of rotatable bonds is 6. The normalized spacial score (nSPS) is 10.6. The van der Waals surface area contributed by atoms with E-state index < -0.39 is 0 Å². The van der Waals surface area contributed by atoms with Crippen LogP contribution >= 0.6 is 15.9 Å². The fraction of sp³-hybridized carbons (Fsp3) is 0.158. The number of nitrogens with zero attached hydrogens (tertiary/aromatic N) is 2. The van der Waals surface area contributed by atoms with E-state index in [9.17, 15) is 9.18 Å². The first-order valence-corrected chi connectivity index (χ1v) is 8.86. The number of carbonyl (C=O) groups excluding carboxylic acids is 1. The molecule has 0 saturated carbocycles. The molecule has 26 heavy (non-hydrogen) atoms. The van der Waals surface area contributed by atoms with Gasteiger partial charge >= 0.3 is 0 Å². The third kappa shape index (κ3) is 4.29. The van der Waals surface area contributed by atoms with Crippen molar-refractivity contribution in [3.8, 4) is 5.75 Å².